The van der Waals surface area contributed by atoms with E-state index in [9.17, 15) is 9.59 Å². The first-order valence-corrected chi connectivity index (χ1v) is 7.59. The van der Waals surface area contributed by atoms with E-state index in [0.717, 1.165) is 19.3 Å². The molecule has 1 aromatic rings. The molecule has 3 atom stereocenters. The van der Waals surface area contributed by atoms with Gasteiger partial charge < -0.3 is 15.0 Å². The normalized spacial score (nSPS) is 22.9. The molecule has 1 fully saturated rings. The number of carbonyl (C=O) groups excluding carboxylic acids is 1. The molecule has 1 saturated carbocycles. The van der Waals surface area contributed by atoms with Crippen molar-refractivity contribution in [1.82, 2.24) is 14.9 Å². The molecule has 3 unspecified atom stereocenters. The molecular weight excluding hydrogens is 270 g/mol. The van der Waals surface area contributed by atoms with Crippen molar-refractivity contribution in [2.24, 2.45) is 5.92 Å². The molecule has 6 nitrogen and oxygen atoms in total. The summed E-state index contributed by atoms with van der Waals surface area (Å²) in [6, 6.07) is 0.123. The third-order valence-corrected chi connectivity index (χ3v) is 4.14. The summed E-state index contributed by atoms with van der Waals surface area (Å²) in [5.74, 6) is -1.07. The van der Waals surface area contributed by atoms with Gasteiger partial charge in [0.15, 0.2) is 0 Å². The third kappa shape index (κ3) is 4.31. The number of aromatic nitrogens is 2. The van der Waals surface area contributed by atoms with Crippen LogP contribution in [0.2, 0.25) is 0 Å². The molecule has 0 radical (unpaired) electrons. The first-order valence-electron chi connectivity index (χ1n) is 7.59. The second-order valence-corrected chi connectivity index (χ2v) is 5.77. The zero-order valence-corrected chi connectivity index (χ0v) is 12.4. The van der Waals surface area contributed by atoms with E-state index in [0.29, 0.717) is 19.3 Å². The van der Waals surface area contributed by atoms with Crippen molar-refractivity contribution in [3.05, 3.63) is 18.7 Å². The Bertz CT molecular complexity index is 473. The van der Waals surface area contributed by atoms with E-state index in [1.54, 1.807) is 12.5 Å². The number of imidazole rings is 1. The first-order chi connectivity index (χ1) is 10.1. The smallest absolute Gasteiger partial charge is 0.306 e. The summed E-state index contributed by atoms with van der Waals surface area (Å²) >= 11 is 0. The Kier molecular flexibility index (Phi) is 5.36. The van der Waals surface area contributed by atoms with Gasteiger partial charge in [0.05, 0.1) is 12.2 Å². The summed E-state index contributed by atoms with van der Waals surface area (Å²) in [6.07, 6.45) is 9.63. The van der Waals surface area contributed by atoms with Crippen LogP contribution in [0.15, 0.2) is 18.7 Å². The van der Waals surface area contributed by atoms with Crippen molar-refractivity contribution in [1.29, 1.82) is 0 Å². The van der Waals surface area contributed by atoms with Crippen molar-refractivity contribution < 1.29 is 14.7 Å². The minimum absolute atomic E-state index is 0.00168. The van der Waals surface area contributed by atoms with Crippen LogP contribution in [0.1, 0.15) is 51.5 Å². The fourth-order valence-corrected chi connectivity index (χ4v) is 3.01. The Hall–Kier alpha value is -1.85. The minimum atomic E-state index is -0.756. The van der Waals surface area contributed by atoms with Crippen molar-refractivity contribution >= 4 is 11.9 Å². The second-order valence-electron chi connectivity index (χ2n) is 5.77. The first kappa shape index (κ1) is 15.5. The topological polar surface area (TPSA) is 84.2 Å². The molecule has 0 aliphatic heterocycles. The van der Waals surface area contributed by atoms with Crippen molar-refractivity contribution in [2.75, 3.05) is 0 Å². The largest absolute Gasteiger partial charge is 0.481 e. The van der Waals surface area contributed by atoms with E-state index in [2.05, 4.69) is 17.2 Å². The molecule has 2 N–H and O–H groups in total. The van der Waals surface area contributed by atoms with Crippen molar-refractivity contribution in [3.8, 4) is 0 Å². The van der Waals surface area contributed by atoms with Crippen LogP contribution in [-0.2, 0) is 9.59 Å². The lowest BCUT2D eigenvalue weighted by Gasteiger charge is -2.19. The van der Waals surface area contributed by atoms with Crippen molar-refractivity contribution in [2.45, 2.75) is 57.5 Å². The van der Waals surface area contributed by atoms with Crippen LogP contribution in [0.4, 0.5) is 0 Å². The van der Waals surface area contributed by atoms with E-state index in [1.807, 2.05) is 10.8 Å². The van der Waals surface area contributed by atoms with Gasteiger partial charge in [0, 0.05) is 30.9 Å². The Morgan fingerprint density at radius 1 is 1.48 bits per heavy atom. The van der Waals surface area contributed by atoms with Crippen LogP contribution in [0, 0.1) is 5.92 Å². The van der Waals surface area contributed by atoms with Crippen LogP contribution >= 0.6 is 0 Å². The monoisotopic (exact) mass is 293 g/mol. The summed E-state index contributed by atoms with van der Waals surface area (Å²) in [5.41, 5.74) is 0. The molecule has 0 spiro atoms. The SMILES string of the molecule is CCCC(CC(=O)NC1CCC(C(=O)O)C1)n1ccnc1. The minimum Gasteiger partial charge on any atom is -0.481 e. The fraction of sp³-hybridized carbons (Fsp3) is 0.667. The number of rotatable bonds is 7. The van der Waals surface area contributed by atoms with Gasteiger partial charge in [0.25, 0.3) is 0 Å². The van der Waals surface area contributed by atoms with Gasteiger partial charge in [-0.2, -0.15) is 0 Å². The van der Waals surface area contributed by atoms with E-state index >= 15 is 0 Å². The van der Waals surface area contributed by atoms with E-state index < -0.39 is 5.97 Å². The predicted octanol–water partition coefficient (Wildman–Crippen LogP) is 1.98. The number of aliphatic carboxylic acids is 1. The number of amides is 1. The van der Waals surface area contributed by atoms with E-state index in [1.165, 1.54) is 0 Å². The van der Waals surface area contributed by atoms with Crippen LogP contribution in [-0.4, -0.2) is 32.6 Å². The Morgan fingerprint density at radius 3 is 2.86 bits per heavy atom. The molecule has 0 saturated heterocycles. The molecule has 21 heavy (non-hydrogen) atoms. The average Bonchev–Trinajstić information content (AvgIpc) is 3.09. The molecule has 1 heterocycles. The average molecular weight is 293 g/mol. The molecule has 1 aliphatic rings. The molecule has 2 rings (SSSR count). The highest BCUT2D eigenvalue weighted by molar-refractivity contribution is 5.77. The molecule has 1 aromatic heterocycles. The van der Waals surface area contributed by atoms with Gasteiger partial charge in [-0.1, -0.05) is 13.3 Å². The van der Waals surface area contributed by atoms with Crippen LogP contribution in [0.3, 0.4) is 0 Å². The number of carbonyl (C=O) groups is 2. The molecule has 6 heteroatoms. The van der Waals surface area contributed by atoms with Crippen LogP contribution in [0.5, 0.6) is 0 Å². The lowest BCUT2D eigenvalue weighted by atomic mass is 10.1. The Labute approximate surface area is 124 Å². The molecule has 1 amide bonds. The third-order valence-electron chi connectivity index (χ3n) is 4.14. The van der Waals surface area contributed by atoms with Gasteiger partial charge in [0.1, 0.15) is 0 Å². The van der Waals surface area contributed by atoms with Gasteiger partial charge in [-0.3, -0.25) is 9.59 Å². The van der Waals surface area contributed by atoms with Gasteiger partial charge >= 0.3 is 5.97 Å². The second kappa shape index (κ2) is 7.24. The summed E-state index contributed by atoms with van der Waals surface area (Å²) in [7, 11) is 0. The zero-order valence-electron chi connectivity index (χ0n) is 12.4. The maximum atomic E-state index is 12.2. The highest BCUT2D eigenvalue weighted by Crippen LogP contribution is 2.26. The number of nitrogens with zero attached hydrogens (tertiary/aromatic N) is 2. The number of nitrogens with one attached hydrogen (secondary N) is 1. The van der Waals surface area contributed by atoms with Crippen molar-refractivity contribution in [3.63, 3.8) is 0 Å². The van der Waals surface area contributed by atoms with Gasteiger partial charge in [-0.05, 0) is 25.7 Å². The predicted molar refractivity (Wildman–Crippen MR) is 77.7 cm³/mol. The Balaban J connectivity index is 1.84. The molecular formula is C15H23N3O3. The fourth-order valence-electron chi connectivity index (χ4n) is 3.01. The summed E-state index contributed by atoms with van der Waals surface area (Å²) in [4.78, 5) is 27.1. The number of carboxylic acid groups (broad SMARTS) is 1. The maximum Gasteiger partial charge on any atom is 0.306 e. The van der Waals surface area contributed by atoms with E-state index in [4.69, 9.17) is 5.11 Å². The Morgan fingerprint density at radius 2 is 2.29 bits per heavy atom. The molecule has 116 valence electrons. The maximum absolute atomic E-state index is 12.2. The van der Waals surface area contributed by atoms with Gasteiger partial charge in [0.2, 0.25) is 5.91 Å². The number of carboxylic acids is 1. The number of hydrogen-bond acceptors (Lipinski definition) is 3. The lowest BCUT2D eigenvalue weighted by Crippen LogP contribution is -2.34. The highest BCUT2D eigenvalue weighted by Gasteiger charge is 2.30. The highest BCUT2D eigenvalue weighted by atomic mass is 16.4. The van der Waals surface area contributed by atoms with Gasteiger partial charge in [-0.25, -0.2) is 4.98 Å². The molecule has 0 bridgehead atoms. The summed E-state index contributed by atoms with van der Waals surface area (Å²) in [5, 5.41) is 12.0. The van der Waals surface area contributed by atoms with Crippen LogP contribution in [0.25, 0.3) is 0 Å². The summed E-state index contributed by atoms with van der Waals surface area (Å²) < 4.78 is 1.97. The molecule has 1 aliphatic carbocycles. The number of hydrogen-bond donors (Lipinski definition) is 2. The standard InChI is InChI=1S/C15H23N3O3/c1-2-3-13(18-7-6-16-10-18)9-14(19)17-12-5-4-11(8-12)15(20)21/h6-7,10-13H,2-5,8-9H2,1H3,(H,17,19)(H,20,21). The van der Waals surface area contributed by atoms with Gasteiger partial charge in [-0.15, -0.1) is 0 Å². The lowest BCUT2D eigenvalue weighted by molar-refractivity contribution is -0.141. The quantitative estimate of drug-likeness (QED) is 0.805. The molecule has 0 aromatic carbocycles. The van der Waals surface area contributed by atoms with Crippen LogP contribution < -0.4 is 5.32 Å². The zero-order chi connectivity index (χ0) is 15.2. The summed E-state index contributed by atoms with van der Waals surface area (Å²) in [6.45, 7) is 2.09. The van der Waals surface area contributed by atoms with E-state index in [-0.39, 0.29) is 23.9 Å².